The lowest BCUT2D eigenvalue weighted by Gasteiger charge is -2.38. The molecule has 2 saturated heterocycles. The van der Waals surface area contributed by atoms with E-state index in [1.807, 2.05) is 35.1 Å². The minimum Gasteiger partial charge on any atom is -0.497 e. The molecular formula is C19H20N6O3. The van der Waals surface area contributed by atoms with Crippen molar-refractivity contribution in [3.8, 4) is 5.75 Å². The molecule has 0 radical (unpaired) electrons. The molecule has 2 N–H and O–H groups in total. The average Bonchev–Trinajstić information content (AvgIpc) is 3.38. The van der Waals surface area contributed by atoms with Crippen LogP contribution >= 0.6 is 0 Å². The molecule has 1 aromatic carbocycles. The van der Waals surface area contributed by atoms with Crippen molar-refractivity contribution in [2.24, 2.45) is 0 Å². The van der Waals surface area contributed by atoms with Gasteiger partial charge in [-0.1, -0.05) is 0 Å². The zero-order chi connectivity index (χ0) is 19.3. The molecule has 3 aromatic rings. The number of urea groups is 1. The summed E-state index contributed by atoms with van der Waals surface area (Å²) in [5.41, 5.74) is 2.22. The van der Waals surface area contributed by atoms with Crippen molar-refractivity contribution in [2.45, 2.75) is 6.04 Å². The van der Waals surface area contributed by atoms with Gasteiger partial charge in [-0.05, 0) is 18.2 Å². The summed E-state index contributed by atoms with van der Waals surface area (Å²) in [6.45, 7) is 2.47. The van der Waals surface area contributed by atoms with E-state index in [1.165, 1.54) is 0 Å². The molecule has 9 heteroatoms. The molecule has 0 spiro atoms. The molecule has 0 bridgehead atoms. The number of likely N-dealkylation sites (tertiary alicyclic amines) is 1. The fourth-order valence-corrected chi connectivity index (χ4v) is 3.69. The number of nitrogens with zero attached hydrogens (tertiary/aromatic N) is 4. The highest BCUT2D eigenvalue weighted by Crippen LogP contribution is 2.27. The summed E-state index contributed by atoms with van der Waals surface area (Å²) in [5.74, 6) is 0.719. The number of H-pyrrole nitrogens is 1. The summed E-state index contributed by atoms with van der Waals surface area (Å²) in [5, 5.41) is 8.13. The van der Waals surface area contributed by atoms with Crippen LogP contribution in [0.3, 0.4) is 0 Å². The molecule has 5 rings (SSSR count). The number of hydrogen-bond acceptors (Lipinski definition) is 4. The Morgan fingerprint density at radius 2 is 2.14 bits per heavy atom. The van der Waals surface area contributed by atoms with E-state index in [9.17, 15) is 9.59 Å². The van der Waals surface area contributed by atoms with Crippen LogP contribution in [0.1, 0.15) is 16.5 Å². The number of anilines is 1. The van der Waals surface area contributed by atoms with E-state index in [0.29, 0.717) is 31.9 Å². The van der Waals surface area contributed by atoms with Crippen LogP contribution in [0.25, 0.3) is 10.9 Å². The summed E-state index contributed by atoms with van der Waals surface area (Å²) in [7, 11) is 1.62. The summed E-state index contributed by atoms with van der Waals surface area (Å²) in [4.78, 5) is 31.2. The number of rotatable bonds is 4. The number of aromatic nitrogens is 3. The third kappa shape index (κ3) is 2.67. The van der Waals surface area contributed by atoms with Gasteiger partial charge in [-0.2, -0.15) is 5.10 Å². The van der Waals surface area contributed by atoms with Gasteiger partial charge in [0.2, 0.25) is 0 Å². The largest absolute Gasteiger partial charge is 0.497 e. The SMILES string of the molecule is COc1ccc2cc(C(=O)N3CC(n4cc(N5CCNC5=O)cn4)C3)[nH]c2c1. The molecule has 4 heterocycles. The first-order chi connectivity index (χ1) is 13.6. The predicted octanol–water partition coefficient (Wildman–Crippen LogP) is 1.60. The third-order valence-electron chi connectivity index (χ3n) is 5.34. The Bertz CT molecular complexity index is 1060. The molecule has 0 aliphatic carbocycles. The highest BCUT2D eigenvalue weighted by Gasteiger charge is 2.34. The number of carbonyl (C=O) groups is 2. The lowest BCUT2D eigenvalue weighted by Crippen LogP contribution is -2.51. The number of carbonyl (C=O) groups excluding carboxylic acids is 2. The molecule has 9 nitrogen and oxygen atoms in total. The van der Waals surface area contributed by atoms with Crippen LogP contribution in [0.15, 0.2) is 36.7 Å². The van der Waals surface area contributed by atoms with Crippen molar-refractivity contribution >= 4 is 28.5 Å². The summed E-state index contributed by atoms with van der Waals surface area (Å²) < 4.78 is 7.06. The van der Waals surface area contributed by atoms with E-state index < -0.39 is 0 Å². The number of fused-ring (bicyclic) bond motifs is 1. The van der Waals surface area contributed by atoms with E-state index in [2.05, 4.69) is 15.4 Å². The van der Waals surface area contributed by atoms with Gasteiger partial charge in [-0.3, -0.25) is 14.4 Å². The quantitative estimate of drug-likeness (QED) is 0.719. The van der Waals surface area contributed by atoms with E-state index >= 15 is 0 Å². The van der Waals surface area contributed by atoms with Crippen molar-refractivity contribution in [1.29, 1.82) is 0 Å². The molecule has 2 aromatic heterocycles. The Labute approximate surface area is 160 Å². The van der Waals surface area contributed by atoms with Crippen LogP contribution < -0.4 is 15.0 Å². The number of methoxy groups -OCH3 is 1. The van der Waals surface area contributed by atoms with Gasteiger partial charge in [0.15, 0.2) is 0 Å². The first-order valence-corrected chi connectivity index (χ1v) is 9.18. The topological polar surface area (TPSA) is 95.5 Å². The van der Waals surface area contributed by atoms with Gasteiger partial charge in [-0.15, -0.1) is 0 Å². The maximum atomic E-state index is 12.8. The second kappa shape index (κ2) is 6.29. The summed E-state index contributed by atoms with van der Waals surface area (Å²) in [6, 6.07) is 7.57. The van der Waals surface area contributed by atoms with E-state index in [1.54, 1.807) is 23.1 Å². The van der Waals surface area contributed by atoms with E-state index in [0.717, 1.165) is 22.3 Å². The number of amides is 3. The smallest absolute Gasteiger partial charge is 0.322 e. The molecule has 2 aliphatic heterocycles. The van der Waals surface area contributed by atoms with Crippen molar-refractivity contribution < 1.29 is 14.3 Å². The Morgan fingerprint density at radius 3 is 2.89 bits per heavy atom. The van der Waals surface area contributed by atoms with Gasteiger partial charge in [-0.25, -0.2) is 4.79 Å². The Kier molecular flexibility index (Phi) is 3.75. The minimum atomic E-state index is -0.0968. The first-order valence-electron chi connectivity index (χ1n) is 9.18. The lowest BCUT2D eigenvalue weighted by molar-refractivity contribution is 0.0496. The minimum absolute atomic E-state index is 0.0299. The van der Waals surface area contributed by atoms with Gasteiger partial charge in [0.05, 0.1) is 25.0 Å². The van der Waals surface area contributed by atoms with E-state index in [-0.39, 0.29) is 18.0 Å². The van der Waals surface area contributed by atoms with Gasteiger partial charge in [0, 0.05) is 49.3 Å². The molecule has 0 unspecified atom stereocenters. The standard InChI is InChI=1S/C19H20N6O3/c1-28-15-3-2-12-6-17(22-16(12)7-15)18(26)23-9-14(10-23)25-11-13(8-21-25)24-5-4-20-19(24)27/h2-3,6-8,11,14,22H,4-5,9-10H2,1H3,(H,20,27). The van der Waals surface area contributed by atoms with Crippen molar-refractivity contribution in [3.05, 3.63) is 42.4 Å². The first kappa shape index (κ1) is 16.7. The van der Waals surface area contributed by atoms with Gasteiger partial charge in [0.1, 0.15) is 11.4 Å². The third-order valence-corrected chi connectivity index (χ3v) is 5.34. The second-order valence-corrected chi connectivity index (χ2v) is 7.06. The highest BCUT2D eigenvalue weighted by atomic mass is 16.5. The number of nitrogens with one attached hydrogen (secondary N) is 2. The second-order valence-electron chi connectivity index (χ2n) is 7.06. The Balaban J connectivity index is 1.26. The molecule has 3 amide bonds. The van der Waals surface area contributed by atoms with Gasteiger partial charge >= 0.3 is 6.03 Å². The van der Waals surface area contributed by atoms with E-state index in [4.69, 9.17) is 4.74 Å². The maximum Gasteiger partial charge on any atom is 0.322 e. The molecular weight excluding hydrogens is 360 g/mol. The predicted molar refractivity (Wildman–Crippen MR) is 103 cm³/mol. The fourth-order valence-electron chi connectivity index (χ4n) is 3.69. The number of benzene rings is 1. The Morgan fingerprint density at radius 1 is 1.29 bits per heavy atom. The lowest BCUT2D eigenvalue weighted by atomic mass is 10.1. The average molecular weight is 380 g/mol. The molecule has 144 valence electrons. The van der Waals surface area contributed by atoms with Crippen molar-refractivity contribution in [2.75, 3.05) is 38.2 Å². The Hall–Kier alpha value is -3.49. The molecule has 0 saturated carbocycles. The van der Waals surface area contributed by atoms with Gasteiger partial charge in [0.25, 0.3) is 5.91 Å². The molecule has 0 atom stereocenters. The highest BCUT2D eigenvalue weighted by molar-refractivity contribution is 5.98. The maximum absolute atomic E-state index is 12.8. The van der Waals surface area contributed by atoms with Crippen LogP contribution in [0.4, 0.5) is 10.5 Å². The fraction of sp³-hybridized carbons (Fsp3) is 0.316. The molecule has 2 fully saturated rings. The van der Waals surface area contributed by atoms with Crippen molar-refractivity contribution in [3.63, 3.8) is 0 Å². The number of ether oxygens (including phenoxy) is 1. The van der Waals surface area contributed by atoms with Crippen LogP contribution in [0, 0.1) is 0 Å². The molecule has 2 aliphatic rings. The van der Waals surface area contributed by atoms with Crippen LogP contribution in [0.5, 0.6) is 5.75 Å². The number of aromatic amines is 1. The summed E-state index contributed by atoms with van der Waals surface area (Å²) >= 11 is 0. The zero-order valence-electron chi connectivity index (χ0n) is 15.4. The normalized spacial score (nSPS) is 17.1. The zero-order valence-corrected chi connectivity index (χ0v) is 15.4. The number of hydrogen-bond donors (Lipinski definition) is 2. The monoisotopic (exact) mass is 380 g/mol. The molecule has 28 heavy (non-hydrogen) atoms. The van der Waals surface area contributed by atoms with Crippen LogP contribution in [0.2, 0.25) is 0 Å². The van der Waals surface area contributed by atoms with Gasteiger partial charge < -0.3 is 19.9 Å². The van der Waals surface area contributed by atoms with Crippen molar-refractivity contribution in [1.82, 2.24) is 25.0 Å². The summed E-state index contributed by atoms with van der Waals surface area (Å²) in [6.07, 6.45) is 3.56. The van der Waals surface area contributed by atoms with Crippen LogP contribution in [-0.2, 0) is 0 Å². The van der Waals surface area contributed by atoms with Crippen LogP contribution in [-0.4, -0.2) is 64.9 Å².